The lowest BCUT2D eigenvalue weighted by Crippen LogP contribution is -2.14. The Morgan fingerprint density at radius 3 is 0.962 bits per heavy atom. The highest BCUT2D eigenvalue weighted by molar-refractivity contribution is 5.87. The summed E-state index contributed by atoms with van der Waals surface area (Å²) < 4.78 is 9.38. The van der Waals surface area contributed by atoms with E-state index in [1.807, 2.05) is 0 Å². The Bertz CT molecular complexity index is 338. The van der Waals surface area contributed by atoms with Crippen molar-refractivity contribution in [1.29, 1.82) is 0 Å². The normalized spacial score (nSPS) is 9.00. The van der Waals surface area contributed by atoms with Crippen LogP contribution in [0.3, 0.4) is 0 Å². The molecule has 6 N–H and O–H groups in total. The van der Waals surface area contributed by atoms with Gasteiger partial charge < -0.3 is 40.1 Å². The van der Waals surface area contributed by atoms with Crippen LogP contribution in [0.15, 0.2) is 24.3 Å². The monoisotopic (exact) mass is 384 g/mol. The maximum Gasteiger partial charge on any atom is 0.333 e. The number of carbonyl (C=O) groups is 2. The van der Waals surface area contributed by atoms with Crippen molar-refractivity contribution in [3.05, 3.63) is 24.3 Å². The molecule has 0 atom stereocenters. The zero-order valence-corrected chi connectivity index (χ0v) is 15.9. The van der Waals surface area contributed by atoms with Crippen LogP contribution in [0.2, 0.25) is 0 Å². The first-order valence-electron chi connectivity index (χ1n) is 7.38. The smallest absolute Gasteiger partial charge is 0.333 e. The van der Waals surface area contributed by atoms with Gasteiger partial charge in [0.2, 0.25) is 0 Å². The number of carbonyl (C=O) groups excluding carboxylic acids is 2. The molecule has 0 unspecified atom stereocenters. The molecular formula is C16H32O10. The molecule has 0 aliphatic carbocycles. The lowest BCUT2D eigenvalue weighted by molar-refractivity contribution is -0.147. The fourth-order valence-corrected chi connectivity index (χ4v) is 0.515. The lowest BCUT2D eigenvalue weighted by Gasteiger charge is -2.05. The van der Waals surface area contributed by atoms with E-state index in [1.54, 1.807) is 13.8 Å². The van der Waals surface area contributed by atoms with E-state index < -0.39 is 30.8 Å². The zero-order valence-electron chi connectivity index (χ0n) is 15.9. The molecule has 10 heteroatoms. The van der Waals surface area contributed by atoms with Gasteiger partial charge in [-0.3, -0.25) is 0 Å². The van der Waals surface area contributed by atoms with Crippen LogP contribution in [-0.2, 0) is 19.1 Å². The van der Waals surface area contributed by atoms with Crippen LogP contribution in [0.4, 0.5) is 0 Å². The second-order valence-electron chi connectivity index (χ2n) is 4.73. The number of aliphatic hydroxyl groups excluding tert-OH is 3. The molecule has 0 aliphatic heterocycles. The third kappa shape index (κ3) is 57.3. The van der Waals surface area contributed by atoms with Gasteiger partial charge in [0.1, 0.15) is 32.1 Å². The highest BCUT2D eigenvalue weighted by atomic mass is 16.6. The number of esters is 2. The molecule has 0 radical (unpaired) electrons. The van der Waals surface area contributed by atoms with E-state index in [4.69, 9.17) is 30.6 Å². The van der Waals surface area contributed by atoms with Gasteiger partial charge in [0.15, 0.2) is 0 Å². The predicted octanol–water partition coefficient (Wildman–Crippen LogP) is -0.824. The SMILES string of the molecule is C=C(C)C(=O)OCCOC(=O)C(=C)C.CC(O)O.CC(O)O.CC(O)O. The molecule has 0 fully saturated rings. The third-order valence-corrected chi connectivity index (χ3v) is 1.25. The minimum absolute atomic E-state index is 0.0325. The van der Waals surface area contributed by atoms with Gasteiger partial charge in [-0.25, -0.2) is 9.59 Å². The molecule has 156 valence electrons. The Hall–Kier alpha value is -1.82. The van der Waals surface area contributed by atoms with E-state index in [0.29, 0.717) is 11.1 Å². The van der Waals surface area contributed by atoms with Crippen LogP contribution < -0.4 is 0 Å². The molecule has 0 saturated heterocycles. The summed E-state index contributed by atoms with van der Waals surface area (Å²) >= 11 is 0. The zero-order chi connectivity index (χ0) is 21.9. The van der Waals surface area contributed by atoms with Crippen molar-refractivity contribution >= 4 is 11.9 Å². The Balaban J connectivity index is -0.000000164. The number of hydrogen-bond donors (Lipinski definition) is 6. The summed E-state index contributed by atoms with van der Waals surface area (Å²) in [5, 5.41) is 45.7. The van der Waals surface area contributed by atoms with E-state index >= 15 is 0 Å². The van der Waals surface area contributed by atoms with Gasteiger partial charge in [-0.1, -0.05) is 13.2 Å². The van der Waals surface area contributed by atoms with E-state index in [1.165, 1.54) is 20.8 Å². The first-order valence-corrected chi connectivity index (χ1v) is 7.38. The minimum Gasteiger partial charge on any atom is -0.459 e. The van der Waals surface area contributed by atoms with Crippen molar-refractivity contribution in [3.63, 3.8) is 0 Å². The topological polar surface area (TPSA) is 174 Å². The Morgan fingerprint density at radius 2 is 0.846 bits per heavy atom. The van der Waals surface area contributed by atoms with E-state index in [0.717, 1.165) is 0 Å². The van der Waals surface area contributed by atoms with Crippen LogP contribution >= 0.6 is 0 Å². The van der Waals surface area contributed by atoms with Crippen molar-refractivity contribution < 1.29 is 49.7 Å². The van der Waals surface area contributed by atoms with E-state index in [2.05, 4.69) is 22.6 Å². The van der Waals surface area contributed by atoms with Crippen LogP contribution in [0, 0.1) is 0 Å². The maximum atomic E-state index is 10.8. The summed E-state index contributed by atoms with van der Waals surface area (Å²) in [5.74, 6) is -0.979. The van der Waals surface area contributed by atoms with Gasteiger partial charge in [0.05, 0.1) is 0 Å². The Kier molecular flexibility index (Phi) is 26.0. The molecule has 0 spiro atoms. The van der Waals surface area contributed by atoms with Crippen molar-refractivity contribution in [2.45, 2.75) is 53.5 Å². The van der Waals surface area contributed by atoms with Crippen molar-refractivity contribution in [3.8, 4) is 0 Å². The first-order chi connectivity index (χ1) is 11.6. The highest BCUT2D eigenvalue weighted by Crippen LogP contribution is 1.94. The van der Waals surface area contributed by atoms with Crippen LogP contribution in [0.1, 0.15) is 34.6 Å². The first kappa shape index (κ1) is 31.9. The number of hydrogen-bond acceptors (Lipinski definition) is 10. The number of aliphatic hydroxyl groups is 6. The molecule has 0 aromatic heterocycles. The summed E-state index contributed by atoms with van der Waals surface area (Å²) in [4.78, 5) is 21.7. The number of ether oxygens (including phenoxy) is 2. The molecular weight excluding hydrogens is 352 g/mol. The average Bonchev–Trinajstić information content (AvgIpc) is 2.40. The fourth-order valence-electron chi connectivity index (χ4n) is 0.515. The van der Waals surface area contributed by atoms with E-state index in [9.17, 15) is 9.59 Å². The summed E-state index contributed by atoms with van der Waals surface area (Å²) in [6, 6.07) is 0. The Morgan fingerprint density at radius 1 is 0.692 bits per heavy atom. The van der Waals surface area contributed by atoms with Gasteiger partial charge in [-0.15, -0.1) is 0 Å². The van der Waals surface area contributed by atoms with Gasteiger partial charge >= 0.3 is 11.9 Å². The average molecular weight is 384 g/mol. The summed E-state index contributed by atoms with van der Waals surface area (Å²) in [6.07, 6.45) is -3.50. The molecule has 0 heterocycles. The summed E-state index contributed by atoms with van der Waals surface area (Å²) in [6.45, 7) is 13.8. The molecule has 0 rings (SSSR count). The molecule has 0 bridgehead atoms. The summed E-state index contributed by atoms with van der Waals surface area (Å²) in [7, 11) is 0. The largest absolute Gasteiger partial charge is 0.459 e. The lowest BCUT2D eigenvalue weighted by atomic mass is 10.4. The molecule has 10 nitrogen and oxygen atoms in total. The van der Waals surface area contributed by atoms with Crippen molar-refractivity contribution in [1.82, 2.24) is 0 Å². The Labute approximate surface area is 153 Å². The second-order valence-corrected chi connectivity index (χ2v) is 4.73. The third-order valence-electron chi connectivity index (χ3n) is 1.25. The quantitative estimate of drug-likeness (QED) is 0.152. The maximum absolute atomic E-state index is 10.8. The molecule has 0 saturated carbocycles. The van der Waals surface area contributed by atoms with Gasteiger partial charge in [0.25, 0.3) is 0 Å². The molecule has 0 aromatic rings. The standard InChI is InChI=1S/C10H14O4.3C2H6O2/c1-7(2)9(11)13-5-6-14-10(12)8(3)4;3*1-2(3)4/h1,3,5-6H2,2,4H3;3*2-4H,1H3. The highest BCUT2D eigenvalue weighted by Gasteiger charge is 2.05. The van der Waals surface area contributed by atoms with Crippen molar-refractivity contribution in [2.24, 2.45) is 0 Å². The van der Waals surface area contributed by atoms with Gasteiger partial charge in [0, 0.05) is 11.1 Å². The molecule has 26 heavy (non-hydrogen) atoms. The fraction of sp³-hybridized carbons (Fsp3) is 0.625. The summed E-state index contributed by atoms with van der Waals surface area (Å²) in [5.41, 5.74) is 0.632. The predicted molar refractivity (Wildman–Crippen MR) is 93.2 cm³/mol. The molecule has 0 aromatic carbocycles. The van der Waals surface area contributed by atoms with Crippen LogP contribution in [0.5, 0.6) is 0 Å². The second kappa shape index (κ2) is 21.2. The van der Waals surface area contributed by atoms with E-state index in [-0.39, 0.29) is 13.2 Å². The van der Waals surface area contributed by atoms with Gasteiger partial charge in [-0.05, 0) is 34.6 Å². The van der Waals surface area contributed by atoms with Crippen LogP contribution in [0.25, 0.3) is 0 Å². The minimum atomic E-state index is -1.17. The van der Waals surface area contributed by atoms with Crippen molar-refractivity contribution in [2.75, 3.05) is 13.2 Å². The van der Waals surface area contributed by atoms with Gasteiger partial charge in [-0.2, -0.15) is 0 Å². The molecule has 0 aliphatic rings. The van der Waals surface area contributed by atoms with Crippen LogP contribution in [-0.4, -0.2) is 74.7 Å². The number of rotatable bonds is 5. The molecule has 0 amide bonds.